The molecule has 0 spiro atoms. The minimum absolute atomic E-state index is 0.126. The van der Waals surface area contributed by atoms with Crippen LogP contribution in [0.15, 0.2) is 66.9 Å². The van der Waals surface area contributed by atoms with Crippen LogP contribution in [0, 0.1) is 19.3 Å². The molecule has 0 radical (unpaired) electrons. The number of carboxylic acid groups (broad SMARTS) is 2. The van der Waals surface area contributed by atoms with E-state index < -0.39 is 5.41 Å². The van der Waals surface area contributed by atoms with Crippen molar-refractivity contribution in [1.82, 2.24) is 15.3 Å². The second kappa shape index (κ2) is 14.2. The Balaban J connectivity index is 0.000000693. The summed E-state index contributed by atoms with van der Waals surface area (Å²) in [5, 5.41) is 17.0. The maximum absolute atomic E-state index is 13.3. The van der Waals surface area contributed by atoms with Gasteiger partial charge in [0.15, 0.2) is 0 Å². The van der Waals surface area contributed by atoms with E-state index in [1.165, 1.54) is 5.56 Å². The summed E-state index contributed by atoms with van der Waals surface area (Å²) in [5.41, 5.74) is 4.90. The van der Waals surface area contributed by atoms with Gasteiger partial charge < -0.3 is 20.4 Å². The van der Waals surface area contributed by atoms with E-state index in [1.807, 2.05) is 62.5 Å². The van der Waals surface area contributed by atoms with Crippen LogP contribution in [0.2, 0.25) is 0 Å². The number of hydrogen-bond donors (Lipinski definition) is 3. The molecule has 1 aliphatic heterocycles. The first-order chi connectivity index (χ1) is 17.4. The molecule has 9 nitrogen and oxygen atoms in total. The maximum atomic E-state index is 13.3. The van der Waals surface area contributed by atoms with Crippen molar-refractivity contribution in [3.05, 3.63) is 89.5 Å². The van der Waals surface area contributed by atoms with Crippen molar-refractivity contribution in [2.24, 2.45) is 5.41 Å². The zero-order chi connectivity index (χ0) is 26.4. The van der Waals surface area contributed by atoms with E-state index in [0.29, 0.717) is 19.6 Å². The molecule has 2 aromatic heterocycles. The predicted molar refractivity (Wildman–Crippen MR) is 137 cm³/mol. The highest BCUT2D eigenvalue weighted by Gasteiger charge is 2.49. The lowest BCUT2D eigenvalue weighted by atomic mass is 9.73. The highest BCUT2D eigenvalue weighted by molar-refractivity contribution is 5.86. The van der Waals surface area contributed by atoms with Crippen LogP contribution in [0.3, 0.4) is 0 Å². The Kier molecular flexibility index (Phi) is 11.0. The minimum Gasteiger partial charge on any atom is -0.483 e. The molecule has 3 heterocycles. The standard InChI is InChI=1S/C25H28N4O.2CH2O2/c1-19-7-6-10-22(28-19)11-13-27-24(30)25(16-21-8-4-3-5-9-21)17-29(18-25)23-12-14-26-20(2)15-23;2*2-1-3/h3-10,12,14-15H,11,13,16-18H2,1-2H3,(H,27,30);2*1H,(H,2,3). The number of benzene rings is 1. The fourth-order valence-corrected chi connectivity index (χ4v) is 4.15. The van der Waals surface area contributed by atoms with Crippen molar-refractivity contribution in [2.75, 3.05) is 24.5 Å². The SMILES string of the molecule is Cc1cc(N2CC(Cc3ccccc3)(C(=O)NCCc3cccc(C)n3)C2)ccn1.O=CO.O=CO. The van der Waals surface area contributed by atoms with Crippen molar-refractivity contribution < 1.29 is 24.6 Å². The lowest BCUT2D eigenvalue weighted by Gasteiger charge is -2.50. The summed E-state index contributed by atoms with van der Waals surface area (Å²) in [5.74, 6) is 0.126. The van der Waals surface area contributed by atoms with Gasteiger partial charge in [0.1, 0.15) is 0 Å². The van der Waals surface area contributed by atoms with E-state index in [1.54, 1.807) is 0 Å². The molecule has 0 unspecified atom stereocenters. The molecule has 3 aromatic rings. The van der Waals surface area contributed by atoms with Crippen LogP contribution in [0.5, 0.6) is 0 Å². The second-order valence-electron chi connectivity index (χ2n) is 8.44. The molecule has 1 fully saturated rings. The van der Waals surface area contributed by atoms with E-state index in [2.05, 4.69) is 38.4 Å². The van der Waals surface area contributed by atoms with Gasteiger partial charge in [-0.3, -0.25) is 24.4 Å². The third kappa shape index (κ3) is 8.19. The maximum Gasteiger partial charge on any atom is 0.290 e. The number of anilines is 1. The number of amides is 1. The van der Waals surface area contributed by atoms with Gasteiger partial charge in [-0.2, -0.15) is 0 Å². The number of nitrogens with one attached hydrogen (secondary N) is 1. The van der Waals surface area contributed by atoms with Gasteiger partial charge in [-0.15, -0.1) is 0 Å². The average Bonchev–Trinajstić information content (AvgIpc) is 2.83. The highest BCUT2D eigenvalue weighted by atomic mass is 16.3. The summed E-state index contributed by atoms with van der Waals surface area (Å²) in [6, 6.07) is 20.4. The molecule has 0 saturated carbocycles. The van der Waals surface area contributed by atoms with E-state index in [4.69, 9.17) is 19.8 Å². The Labute approximate surface area is 210 Å². The molecule has 0 bridgehead atoms. The minimum atomic E-state index is -0.418. The summed E-state index contributed by atoms with van der Waals surface area (Å²) < 4.78 is 0. The van der Waals surface area contributed by atoms with Crippen LogP contribution < -0.4 is 10.2 Å². The molecule has 1 saturated heterocycles. The van der Waals surface area contributed by atoms with Crippen molar-refractivity contribution >= 4 is 24.5 Å². The van der Waals surface area contributed by atoms with Crippen LogP contribution in [0.4, 0.5) is 5.69 Å². The highest BCUT2D eigenvalue weighted by Crippen LogP contribution is 2.38. The van der Waals surface area contributed by atoms with Gasteiger partial charge in [0.05, 0.1) is 5.41 Å². The molecule has 0 atom stereocenters. The number of nitrogens with zero attached hydrogens (tertiary/aromatic N) is 3. The lowest BCUT2D eigenvalue weighted by Crippen LogP contribution is -2.64. The predicted octanol–water partition coefficient (Wildman–Crippen LogP) is 2.90. The summed E-state index contributed by atoms with van der Waals surface area (Å²) in [7, 11) is 0. The lowest BCUT2D eigenvalue weighted by molar-refractivity contribution is -0.132. The Bertz CT molecular complexity index is 1110. The molecule has 0 aliphatic carbocycles. The Hall–Kier alpha value is -4.27. The number of hydrogen-bond acceptors (Lipinski definition) is 6. The topological polar surface area (TPSA) is 133 Å². The number of carbonyl (C=O) groups is 3. The number of carbonyl (C=O) groups excluding carboxylic acids is 1. The molecular weight excluding hydrogens is 460 g/mol. The molecule has 1 aliphatic rings. The van der Waals surface area contributed by atoms with Crippen molar-refractivity contribution in [3.8, 4) is 0 Å². The number of aryl methyl sites for hydroxylation is 2. The average molecular weight is 493 g/mol. The summed E-state index contributed by atoms with van der Waals surface area (Å²) in [4.78, 5) is 41.1. The monoisotopic (exact) mass is 492 g/mol. The summed E-state index contributed by atoms with van der Waals surface area (Å²) >= 11 is 0. The first kappa shape index (κ1) is 28.0. The number of pyridine rings is 2. The third-order valence-corrected chi connectivity index (χ3v) is 5.71. The van der Waals surface area contributed by atoms with Gasteiger partial charge in [0.25, 0.3) is 12.9 Å². The summed E-state index contributed by atoms with van der Waals surface area (Å²) in [6.07, 6.45) is 3.31. The molecule has 1 aromatic carbocycles. The Morgan fingerprint density at radius 2 is 1.67 bits per heavy atom. The third-order valence-electron chi connectivity index (χ3n) is 5.71. The smallest absolute Gasteiger partial charge is 0.290 e. The quantitative estimate of drug-likeness (QED) is 0.429. The Morgan fingerprint density at radius 1 is 1.00 bits per heavy atom. The summed E-state index contributed by atoms with van der Waals surface area (Å²) in [6.45, 7) is 5.49. The zero-order valence-corrected chi connectivity index (χ0v) is 20.5. The van der Waals surface area contributed by atoms with E-state index in [0.717, 1.165) is 35.6 Å². The Morgan fingerprint density at radius 3 is 2.28 bits per heavy atom. The number of rotatable bonds is 7. The van der Waals surface area contributed by atoms with Crippen molar-refractivity contribution in [3.63, 3.8) is 0 Å². The largest absolute Gasteiger partial charge is 0.483 e. The van der Waals surface area contributed by atoms with Crippen LogP contribution >= 0.6 is 0 Å². The van der Waals surface area contributed by atoms with Crippen LogP contribution in [0.25, 0.3) is 0 Å². The fourth-order valence-electron chi connectivity index (χ4n) is 4.15. The molecule has 4 rings (SSSR count). The van der Waals surface area contributed by atoms with E-state index in [-0.39, 0.29) is 18.9 Å². The zero-order valence-electron chi connectivity index (χ0n) is 20.5. The fraction of sp³-hybridized carbons (Fsp3) is 0.296. The molecule has 1 amide bonds. The van der Waals surface area contributed by atoms with E-state index >= 15 is 0 Å². The van der Waals surface area contributed by atoms with Crippen LogP contribution in [0.1, 0.15) is 22.6 Å². The van der Waals surface area contributed by atoms with Gasteiger partial charge in [0.2, 0.25) is 5.91 Å². The first-order valence-electron chi connectivity index (χ1n) is 11.5. The van der Waals surface area contributed by atoms with Gasteiger partial charge >= 0.3 is 0 Å². The van der Waals surface area contributed by atoms with E-state index in [9.17, 15) is 4.79 Å². The molecule has 36 heavy (non-hydrogen) atoms. The second-order valence-corrected chi connectivity index (χ2v) is 8.44. The van der Waals surface area contributed by atoms with Gasteiger partial charge in [0, 0.05) is 55.0 Å². The van der Waals surface area contributed by atoms with Gasteiger partial charge in [-0.05, 0) is 50.1 Å². The van der Waals surface area contributed by atoms with Crippen LogP contribution in [-0.2, 0) is 27.2 Å². The molecule has 190 valence electrons. The van der Waals surface area contributed by atoms with Crippen molar-refractivity contribution in [1.29, 1.82) is 0 Å². The first-order valence-corrected chi connectivity index (χ1v) is 11.5. The van der Waals surface area contributed by atoms with Crippen LogP contribution in [-0.4, -0.2) is 58.7 Å². The normalized spacial score (nSPS) is 13.0. The molecular formula is C27H32N4O5. The van der Waals surface area contributed by atoms with Gasteiger partial charge in [-0.25, -0.2) is 0 Å². The molecule has 9 heteroatoms. The molecule has 3 N–H and O–H groups in total. The van der Waals surface area contributed by atoms with Gasteiger partial charge in [-0.1, -0.05) is 36.4 Å². The van der Waals surface area contributed by atoms with Crippen molar-refractivity contribution in [2.45, 2.75) is 26.7 Å². The number of aromatic nitrogens is 2.